The highest BCUT2D eigenvalue weighted by Crippen LogP contribution is 2.34. The Morgan fingerprint density at radius 3 is 3.00 bits per heavy atom. The van der Waals surface area contributed by atoms with Crippen molar-refractivity contribution in [1.29, 1.82) is 0 Å². The molecule has 0 N–H and O–H groups in total. The highest BCUT2D eigenvalue weighted by atomic mass is 19.1. The predicted molar refractivity (Wildman–Crippen MR) is 75.1 cm³/mol. The van der Waals surface area contributed by atoms with Crippen molar-refractivity contribution in [3.63, 3.8) is 0 Å². The van der Waals surface area contributed by atoms with Crippen LogP contribution in [-0.2, 0) is 16.0 Å². The molecule has 2 aliphatic heterocycles. The topological polar surface area (TPSA) is 29.5 Å². The van der Waals surface area contributed by atoms with Gasteiger partial charge in [-0.3, -0.25) is 4.79 Å². The number of hydrogen-bond donors (Lipinski definition) is 0. The highest BCUT2D eigenvalue weighted by Gasteiger charge is 2.40. The van der Waals surface area contributed by atoms with Crippen LogP contribution < -0.4 is 4.90 Å². The predicted octanol–water partition coefficient (Wildman–Crippen LogP) is 2.78. The first-order valence-corrected chi connectivity index (χ1v) is 7.29. The van der Waals surface area contributed by atoms with Crippen molar-refractivity contribution in [2.75, 3.05) is 18.1 Å². The van der Waals surface area contributed by atoms with Crippen LogP contribution in [0.4, 0.5) is 10.1 Å². The van der Waals surface area contributed by atoms with Gasteiger partial charge in [-0.1, -0.05) is 19.9 Å². The Hall–Kier alpha value is -1.42. The van der Waals surface area contributed by atoms with Crippen LogP contribution in [-0.4, -0.2) is 25.2 Å². The number of anilines is 1. The zero-order valence-electron chi connectivity index (χ0n) is 11.9. The van der Waals surface area contributed by atoms with Gasteiger partial charge in [-0.15, -0.1) is 0 Å². The molecule has 0 radical (unpaired) electrons. The standard InChI is InChI=1S/C16H20FNO2/c1-10(2)13-6-8-20-15(13)16(19)18-7-5-11-3-4-12(17)9-14(11)18/h3-4,9-10,13,15H,5-8H2,1-2H3/t13-,15-/m1/s1. The van der Waals surface area contributed by atoms with Gasteiger partial charge in [-0.25, -0.2) is 4.39 Å². The number of carbonyl (C=O) groups excluding carboxylic acids is 1. The van der Waals surface area contributed by atoms with E-state index in [1.165, 1.54) is 12.1 Å². The van der Waals surface area contributed by atoms with Gasteiger partial charge >= 0.3 is 0 Å². The van der Waals surface area contributed by atoms with E-state index in [0.29, 0.717) is 24.8 Å². The van der Waals surface area contributed by atoms with Gasteiger partial charge in [0.25, 0.3) is 5.91 Å². The molecule has 3 nitrogen and oxygen atoms in total. The van der Waals surface area contributed by atoms with E-state index >= 15 is 0 Å². The van der Waals surface area contributed by atoms with Gasteiger partial charge in [0.1, 0.15) is 11.9 Å². The van der Waals surface area contributed by atoms with Gasteiger partial charge in [-0.05, 0) is 42.4 Å². The normalized spacial score (nSPS) is 25.3. The molecule has 0 bridgehead atoms. The summed E-state index contributed by atoms with van der Waals surface area (Å²) in [6.07, 6.45) is 1.35. The summed E-state index contributed by atoms with van der Waals surface area (Å²) in [5, 5.41) is 0. The number of amides is 1. The summed E-state index contributed by atoms with van der Waals surface area (Å²) >= 11 is 0. The largest absolute Gasteiger partial charge is 0.368 e. The third-order valence-corrected chi connectivity index (χ3v) is 4.45. The minimum absolute atomic E-state index is 0.00875. The van der Waals surface area contributed by atoms with Gasteiger partial charge in [0.05, 0.1) is 0 Å². The van der Waals surface area contributed by atoms with Crippen molar-refractivity contribution >= 4 is 11.6 Å². The van der Waals surface area contributed by atoms with Crippen LogP contribution in [0.15, 0.2) is 18.2 Å². The van der Waals surface area contributed by atoms with Crippen LogP contribution in [0.5, 0.6) is 0 Å². The van der Waals surface area contributed by atoms with E-state index in [4.69, 9.17) is 4.74 Å². The lowest BCUT2D eigenvalue weighted by Crippen LogP contribution is -2.42. The maximum atomic E-state index is 13.4. The van der Waals surface area contributed by atoms with Gasteiger partial charge in [0.2, 0.25) is 0 Å². The molecule has 2 aliphatic rings. The first kappa shape index (κ1) is 13.6. The molecular weight excluding hydrogens is 257 g/mol. The van der Waals surface area contributed by atoms with Crippen LogP contribution in [0.2, 0.25) is 0 Å². The van der Waals surface area contributed by atoms with Crippen LogP contribution in [0, 0.1) is 17.7 Å². The molecule has 0 aliphatic carbocycles. The second kappa shape index (κ2) is 5.17. The van der Waals surface area contributed by atoms with Crippen LogP contribution in [0.1, 0.15) is 25.8 Å². The summed E-state index contributed by atoms with van der Waals surface area (Å²) in [5.41, 5.74) is 1.76. The Morgan fingerprint density at radius 1 is 1.45 bits per heavy atom. The van der Waals surface area contributed by atoms with Crippen molar-refractivity contribution in [1.82, 2.24) is 0 Å². The summed E-state index contributed by atoms with van der Waals surface area (Å²) < 4.78 is 19.1. The quantitative estimate of drug-likeness (QED) is 0.832. The molecule has 1 amide bonds. The van der Waals surface area contributed by atoms with E-state index in [1.54, 1.807) is 11.0 Å². The molecule has 1 saturated heterocycles. The second-order valence-corrected chi connectivity index (χ2v) is 6.00. The molecule has 108 valence electrons. The third kappa shape index (κ3) is 2.22. The van der Waals surface area contributed by atoms with E-state index in [2.05, 4.69) is 13.8 Å². The molecule has 1 fully saturated rings. The molecular formula is C16H20FNO2. The zero-order chi connectivity index (χ0) is 14.3. The first-order chi connectivity index (χ1) is 9.58. The maximum absolute atomic E-state index is 13.4. The number of carbonyl (C=O) groups is 1. The third-order valence-electron chi connectivity index (χ3n) is 4.45. The van der Waals surface area contributed by atoms with E-state index in [9.17, 15) is 9.18 Å². The number of benzene rings is 1. The van der Waals surface area contributed by atoms with Crippen molar-refractivity contribution in [2.24, 2.45) is 11.8 Å². The number of nitrogens with zero attached hydrogens (tertiary/aromatic N) is 1. The molecule has 20 heavy (non-hydrogen) atoms. The molecule has 0 aromatic heterocycles. The average Bonchev–Trinajstić information content (AvgIpc) is 3.04. The van der Waals surface area contributed by atoms with Gasteiger partial charge in [0.15, 0.2) is 0 Å². The van der Waals surface area contributed by atoms with Gasteiger partial charge < -0.3 is 9.64 Å². The maximum Gasteiger partial charge on any atom is 0.256 e. The minimum Gasteiger partial charge on any atom is -0.368 e. The second-order valence-electron chi connectivity index (χ2n) is 6.00. The Kier molecular flexibility index (Phi) is 3.50. The summed E-state index contributed by atoms with van der Waals surface area (Å²) in [6, 6.07) is 4.68. The lowest BCUT2D eigenvalue weighted by Gasteiger charge is -2.26. The molecule has 0 spiro atoms. The Morgan fingerprint density at radius 2 is 2.25 bits per heavy atom. The van der Waals surface area contributed by atoms with Gasteiger partial charge in [-0.2, -0.15) is 0 Å². The lowest BCUT2D eigenvalue weighted by atomic mass is 9.89. The van der Waals surface area contributed by atoms with Crippen molar-refractivity contribution < 1.29 is 13.9 Å². The van der Waals surface area contributed by atoms with Crippen molar-refractivity contribution in [3.8, 4) is 0 Å². The summed E-state index contributed by atoms with van der Waals surface area (Å²) in [7, 11) is 0. The average molecular weight is 277 g/mol. The number of hydrogen-bond acceptors (Lipinski definition) is 2. The molecule has 3 rings (SSSR count). The van der Waals surface area contributed by atoms with E-state index < -0.39 is 0 Å². The Bertz CT molecular complexity index is 529. The van der Waals surface area contributed by atoms with E-state index in [0.717, 1.165) is 18.4 Å². The fraction of sp³-hybridized carbons (Fsp3) is 0.562. The van der Waals surface area contributed by atoms with Crippen LogP contribution in [0.3, 0.4) is 0 Å². The smallest absolute Gasteiger partial charge is 0.256 e. The fourth-order valence-electron chi connectivity index (χ4n) is 3.28. The molecule has 0 saturated carbocycles. The summed E-state index contributed by atoms with van der Waals surface area (Å²) in [5.74, 6) is 0.378. The van der Waals surface area contributed by atoms with E-state index in [-0.39, 0.29) is 23.7 Å². The van der Waals surface area contributed by atoms with Gasteiger partial charge in [0, 0.05) is 18.8 Å². The first-order valence-electron chi connectivity index (χ1n) is 7.29. The fourth-order valence-corrected chi connectivity index (χ4v) is 3.28. The number of rotatable bonds is 2. The molecule has 4 heteroatoms. The van der Waals surface area contributed by atoms with E-state index in [1.807, 2.05) is 0 Å². The Labute approximate surface area is 118 Å². The SMILES string of the molecule is CC(C)[C@H]1CCO[C@H]1C(=O)N1CCc2ccc(F)cc21. The number of ether oxygens (including phenoxy) is 1. The summed E-state index contributed by atoms with van der Waals surface area (Å²) in [6.45, 7) is 5.51. The Balaban J connectivity index is 1.85. The molecule has 1 aromatic carbocycles. The summed E-state index contributed by atoms with van der Waals surface area (Å²) in [4.78, 5) is 14.4. The minimum atomic E-state index is -0.371. The number of halogens is 1. The molecule has 0 unspecified atom stereocenters. The van der Waals surface area contributed by atoms with Crippen molar-refractivity contribution in [2.45, 2.75) is 32.8 Å². The molecule has 2 atom stereocenters. The number of fused-ring (bicyclic) bond motifs is 1. The lowest BCUT2D eigenvalue weighted by molar-refractivity contribution is -0.129. The zero-order valence-corrected chi connectivity index (χ0v) is 11.9. The molecule has 1 aromatic rings. The van der Waals surface area contributed by atoms with Crippen LogP contribution in [0.25, 0.3) is 0 Å². The molecule has 2 heterocycles. The highest BCUT2D eigenvalue weighted by molar-refractivity contribution is 5.98. The van der Waals surface area contributed by atoms with Crippen molar-refractivity contribution in [3.05, 3.63) is 29.6 Å². The van der Waals surface area contributed by atoms with Crippen LogP contribution >= 0.6 is 0 Å². The monoisotopic (exact) mass is 277 g/mol.